The molecule has 0 bridgehead atoms. The van der Waals surface area contributed by atoms with Gasteiger partial charge >= 0.3 is 0 Å². The van der Waals surface area contributed by atoms with Crippen molar-refractivity contribution in [1.82, 2.24) is 10.2 Å². The van der Waals surface area contributed by atoms with Crippen molar-refractivity contribution >= 4 is 29.1 Å². The highest BCUT2D eigenvalue weighted by atomic mass is 35.5. The van der Waals surface area contributed by atoms with Crippen LogP contribution in [0, 0.1) is 0 Å². The Labute approximate surface area is 147 Å². The zero-order chi connectivity index (χ0) is 16.8. The predicted molar refractivity (Wildman–Crippen MR) is 96.3 cm³/mol. The number of halogens is 2. The second-order valence-corrected chi connectivity index (χ2v) is 6.55. The Bertz CT molecular complexity index is 639. The second kappa shape index (κ2) is 8.34. The highest BCUT2D eigenvalue weighted by Gasteiger charge is 2.16. The molecule has 0 heterocycles. The maximum absolute atomic E-state index is 12.5. The van der Waals surface area contributed by atoms with E-state index in [1.807, 2.05) is 38.4 Å². The number of amides is 1. The maximum atomic E-state index is 12.5. The topological polar surface area (TPSA) is 32.3 Å². The van der Waals surface area contributed by atoms with Crippen LogP contribution in [-0.4, -0.2) is 31.4 Å². The number of hydrogen-bond donors (Lipinski definition) is 1. The monoisotopic (exact) mass is 350 g/mol. The first-order valence-corrected chi connectivity index (χ1v) is 8.18. The van der Waals surface area contributed by atoms with Crippen LogP contribution in [0.2, 0.25) is 10.0 Å². The quantitative estimate of drug-likeness (QED) is 0.836. The number of carbonyl (C=O) groups is 1. The average Bonchev–Trinajstić information content (AvgIpc) is 2.52. The largest absolute Gasteiger partial charge is 0.345 e. The highest BCUT2D eigenvalue weighted by Crippen LogP contribution is 2.20. The lowest BCUT2D eigenvalue weighted by molar-refractivity contribution is 0.0932. The third kappa shape index (κ3) is 5.54. The third-order valence-corrected chi connectivity index (χ3v) is 4.05. The molecule has 2 aromatic carbocycles. The summed E-state index contributed by atoms with van der Waals surface area (Å²) in [5.74, 6) is -0.111. The molecular formula is C18H20Cl2N2O. The fraction of sp³-hybridized carbons (Fsp3) is 0.278. The van der Waals surface area contributed by atoms with Gasteiger partial charge < -0.3 is 10.2 Å². The van der Waals surface area contributed by atoms with E-state index in [-0.39, 0.29) is 11.9 Å². The summed E-state index contributed by atoms with van der Waals surface area (Å²) in [6.07, 6.45) is 0.813. The number of nitrogens with one attached hydrogen (secondary N) is 1. The maximum Gasteiger partial charge on any atom is 0.251 e. The van der Waals surface area contributed by atoms with Crippen molar-refractivity contribution < 1.29 is 4.79 Å². The summed E-state index contributed by atoms with van der Waals surface area (Å²) in [4.78, 5) is 14.6. The first-order valence-electron chi connectivity index (χ1n) is 7.42. The van der Waals surface area contributed by atoms with Crippen LogP contribution in [-0.2, 0) is 0 Å². The first-order chi connectivity index (χ1) is 11.0. The lowest BCUT2D eigenvalue weighted by Gasteiger charge is -2.21. The average molecular weight is 351 g/mol. The Morgan fingerprint density at radius 2 is 1.52 bits per heavy atom. The summed E-state index contributed by atoms with van der Waals surface area (Å²) in [5.41, 5.74) is 1.64. The number of rotatable bonds is 6. The molecule has 1 atom stereocenters. The second-order valence-electron chi connectivity index (χ2n) is 5.68. The SMILES string of the molecule is CN(C)CCC(NC(=O)c1ccc(Cl)cc1)c1ccc(Cl)cc1. The molecule has 1 amide bonds. The molecule has 5 heteroatoms. The predicted octanol–water partition coefficient (Wildman–Crippen LogP) is 4.42. The summed E-state index contributed by atoms with van der Waals surface area (Å²) < 4.78 is 0. The van der Waals surface area contributed by atoms with Crippen LogP contribution in [0.4, 0.5) is 0 Å². The van der Waals surface area contributed by atoms with Crippen molar-refractivity contribution in [3.05, 3.63) is 69.7 Å². The normalized spacial score (nSPS) is 12.2. The summed E-state index contributed by atoms with van der Waals surface area (Å²) >= 11 is 11.8. The van der Waals surface area contributed by atoms with Gasteiger partial charge in [0.05, 0.1) is 6.04 Å². The van der Waals surface area contributed by atoms with E-state index in [4.69, 9.17) is 23.2 Å². The Morgan fingerprint density at radius 1 is 1.00 bits per heavy atom. The van der Waals surface area contributed by atoms with Crippen molar-refractivity contribution in [3.63, 3.8) is 0 Å². The van der Waals surface area contributed by atoms with Gasteiger partial charge in [-0.2, -0.15) is 0 Å². The molecule has 122 valence electrons. The Balaban J connectivity index is 2.14. The molecule has 3 nitrogen and oxygen atoms in total. The van der Waals surface area contributed by atoms with Gasteiger partial charge in [-0.25, -0.2) is 0 Å². The van der Waals surface area contributed by atoms with Crippen LogP contribution in [0.3, 0.4) is 0 Å². The summed E-state index contributed by atoms with van der Waals surface area (Å²) in [6.45, 7) is 0.869. The molecule has 2 rings (SSSR count). The van der Waals surface area contributed by atoms with Crippen molar-refractivity contribution in [1.29, 1.82) is 0 Å². The standard InChI is InChI=1S/C18H20Cl2N2O/c1-22(2)12-11-17(13-3-7-15(19)8-4-13)21-18(23)14-5-9-16(20)10-6-14/h3-10,17H,11-12H2,1-2H3,(H,21,23). The lowest BCUT2D eigenvalue weighted by Crippen LogP contribution is -2.31. The molecule has 0 aliphatic heterocycles. The van der Waals surface area contributed by atoms with E-state index in [2.05, 4.69) is 10.2 Å². The number of hydrogen-bond acceptors (Lipinski definition) is 2. The van der Waals surface area contributed by atoms with Crippen LogP contribution in [0.25, 0.3) is 0 Å². The molecule has 0 aliphatic rings. The van der Waals surface area contributed by atoms with Gasteiger partial charge in [0, 0.05) is 15.6 Å². The van der Waals surface area contributed by atoms with Crippen molar-refractivity contribution in [2.24, 2.45) is 0 Å². The fourth-order valence-corrected chi connectivity index (χ4v) is 2.50. The third-order valence-electron chi connectivity index (χ3n) is 3.55. The minimum absolute atomic E-state index is 0.0714. The van der Waals surface area contributed by atoms with Crippen molar-refractivity contribution in [3.8, 4) is 0 Å². The summed E-state index contributed by atoms with van der Waals surface area (Å²) in [5, 5.41) is 4.39. The molecule has 0 aromatic heterocycles. The smallest absolute Gasteiger partial charge is 0.251 e. The molecule has 0 spiro atoms. The van der Waals surface area contributed by atoms with E-state index in [1.165, 1.54) is 0 Å². The first kappa shape index (κ1) is 17.8. The molecule has 23 heavy (non-hydrogen) atoms. The molecular weight excluding hydrogens is 331 g/mol. The van der Waals surface area contributed by atoms with Gasteiger partial charge in [0.2, 0.25) is 0 Å². The summed E-state index contributed by atoms with van der Waals surface area (Å²) in [6, 6.07) is 14.4. The van der Waals surface area contributed by atoms with E-state index in [9.17, 15) is 4.79 Å². The van der Waals surface area contributed by atoms with Crippen LogP contribution in [0.15, 0.2) is 48.5 Å². The Morgan fingerprint density at radius 3 is 2.04 bits per heavy atom. The zero-order valence-electron chi connectivity index (χ0n) is 13.2. The summed E-state index contributed by atoms with van der Waals surface area (Å²) in [7, 11) is 4.03. The van der Waals surface area contributed by atoms with Gasteiger partial charge in [-0.15, -0.1) is 0 Å². The fourth-order valence-electron chi connectivity index (χ4n) is 2.25. The highest BCUT2D eigenvalue weighted by molar-refractivity contribution is 6.30. The lowest BCUT2D eigenvalue weighted by atomic mass is 10.0. The van der Waals surface area contributed by atoms with Gasteiger partial charge in [-0.1, -0.05) is 35.3 Å². The Kier molecular flexibility index (Phi) is 6.46. The van der Waals surface area contributed by atoms with E-state index in [0.717, 1.165) is 18.5 Å². The number of benzene rings is 2. The molecule has 0 aliphatic carbocycles. The molecule has 0 saturated heterocycles. The van der Waals surface area contributed by atoms with Crippen molar-refractivity contribution in [2.75, 3.05) is 20.6 Å². The Hall–Kier alpha value is -1.55. The van der Waals surface area contributed by atoms with E-state index in [0.29, 0.717) is 15.6 Å². The minimum Gasteiger partial charge on any atom is -0.345 e. The molecule has 1 N–H and O–H groups in total. The molecule has 0 saturated carbocycles. The van der Waals surface area contributed by atoms with E-state index >= 15 is 0 Å². The van der Waals surface area contributed by atoms with Gasteiger partial charge in [0.15, 0.2) is 0 Å². The molecule has 2 aromatic rings. The molecule has 1 unspecified atom stereocenters. The molecule has 0 radical (unpaired) electrons. The zero-order valence-corrected chi connectivity index (χ0v) is 14.7. The minimum atomic E-state index is -0.111. The van der Waals surface area contributed by atoms with Crippen LogP contribution in [0.5, 0.6) is 0 Å². The van der Waals surface area contributed by atoms with Gasteiger partial charge in [-0.3, -0.25) is 4.79 Å². The van der Waals surface area contributed by atoms with E-state index < -0.39 is 0 Å². The van der Waals surface area contributed by atoms with Crippen LogP contribution < -0.4 is 5.32 Å². The van der Waals surface area contributed by atoms with Gasteiger partial charge in [0.25, 0.3) is 5.91 Å². The number of nitrogens with zero attached hydrogens (tertiary/aromatic N) is 1. The van der Waals surface area contributed by atoms with Crippen molar-refractivity contribution in [2.45, 2.75) is 12.5 Å². The van der Waals surface area contributed by atoms with E-state index in [1.54, 1.807) is 24.3 Å². The van der Waals surface area contributed by atoms with Gasteiger partial charge in [0.1, 0.15) is 0 Å². The molecule has 0 fully saturated rings. The number of carbonyl (C=O) groups excluding carboxylic acids is 1. The van der Waals surface area contributed by atoms with Crippen LogP contribution in [0.1, 0.15) is 28.4 Å². The van der Waals surface area contributed by atoms with Crippen LogP contribution >= 0.6 is 23.2 Å². The van der Waals surface area contributed by atoms with Gasteiger partial charge in [-0.05, 0) is 69.0 Å².